The van der Waals surface area contributed by atoms with E-state index in [1.807, 2.05) is 42.5 Å². The number of carbonyl (C=O) groups is 3. The van der Waals surface area contributed by atoms with Crippen molar-refractivity contribution in [2.24, 2.45) is 0 Å². The van der Waals surface area contributed by atoms with Crippen molar-refractivity contribution < 1.29 is 14.4 Å². The highest BCUT2D eigenvalue weighted by molar-refractivity contribution is 6.10. The first-order valence-electron chi connectivity index (χ1n) is 11.4. The lowest BCUT2D eigenvalue weighted by Crippen LogP contribution is -2.51. The molecule has 0 radical (unpaired) electrons. The van der Waals surface area contributed by atoms with Gasteiger partial charge in [-0.2, -0.15) is 0 Å². The standard InChI is InChI=1S/C25H28N4O3/c30-22(26-20-8-10-21(11-9-20)28-14-4-1-5-15-28)17-29-23(31)25(27-24(29)32)13-12-18-6-2-3-7-19(18)16-25/h2-3,6-11H,1,4-5,12-17H2,(H,26,30)(H,27,32). The van der Waals surface area contributed by atoms with E-state index in [1.54, 1.807) is 0 Å². The molecule has 4 amide bonds. The third-order valence-electron chi connectivity index (χ3n) is 6.85. The minimum atomic E-state index is -0.943. The van der Waals surface area contributed by atoms with Crippen LogP contribution in [0.3, 0.4) is 0 Å². The molecule has 2 aromatic carbocycles. The fourth-order valence-corrected chi connectivity index (χ4v) is 5.10. The fourth-order valence-electron chi connectivity index (χ4n) is 5.10. The van der Waals surface area contributed by atoms with Crippen molar-refractivity contribution in [2.45, 2.75) is 44.1 Å². The molecule has 3 aliphatic rings. The van der Waals surface area contributed by atoms with Crippen LogP contribution in [0.4, 0.5) is 16.2 Å². The Hall–Kier alpha value is -3.35. The van der Waals surface area contributed by atoms with Crippen LogP contribution in [-0.4, -0.2) is 47.9 Å². The van der Waals surface area contributed by atoms with Gasteiger partial charge in [0.1, 0.15) is 12.1 Å². The Morgan fingerprint density at radius 1 is 0.969 bits per heavy atom. The lowest BCUT2D eigenvalue weighted by atomic mass is 9.78. The fraction of sp³-hybridized carbons (Fsp3) is 0.400. The molecule has 2 heterocycles. The van der Waals surface area contributed by atoms with Crippen molar-refractivity contribution in [2.75, 3.05) is 29.9 Å². The Kier molecular flexibility index (Phi) is 5.33. The number of amides is 4. The average Bonchev–Trinajstić information content (AvgIpc) is 3.04. The highest BCUT2D eigenvalue weighted by Crippen LogP contribution is 2.33. The molecule has 7 nitrogen and oxygen atoms in total. The molecule has 2 aromatic rings. The molecule has 166 valence electrons. The number of piperidine rings is 1. The summed E-state index contributed by atoms with van der Waals surface area (Å²) in [4.78, 5) is 41.8. The summed E-state index contributed by atoms with van der Waals surface area (Å²) in [7, 11) is 0. The second kappa shape index (κ2) is 8.30. The first-order chi connectivity index (χ1) is 15.5. The first kappa shape index (κ1) is 20.5. The summed E-state index contributed by atoms with van der Waals surface area (Å²) in [6.07, 6.45) is 5.43. The van der Waals surface area contributed by atoms with Crippen molar-refractivity contribution >= 4 is 29.2 Å². The van der Waals surface area contributed by atoms with Crippen LogP contribution in [-0.2, 0) is 22.4 Å². The van der Waals surface area contributed by atoms with Crippen molar-refractivity contribution in [3.05, 3.63) is 59.7 Å². The number of carbonyl (C=O) groups excluding carboxylic acids is 3. The molecule has 1 unspecified atom stereocenters. The second-order valence-corrected chi connectivity index (χ2v) is 8.99. The molecule has 0 bridgehead atoms. The zero-order valence-corrected chi connectivity index (χ0v) is 18.1. The maximum atomic E-state index is 13.2. The van der Waals surface area contributed by atoms with Crippen LogP contribution in [0.2, 0.25) is 0 Å². The molecule has 2 saturated heterocycles. The van der Waals surface area contributed by atoms with Crippen LogP contribution in [0.5, 0.6) is 0 Å². The summed E-state index contributed by atoms with van der Waals surface area (Å²) >= 11 is 0. The predicted molar refractivity (Wildman–Crippen MR) is 123 cm³/mol. The quantitative estimate of drug-likeness (QED) is 0.728. The van der Waals surface area contributed by atoms with Crippen molar-refractivity contribution in [1.82, 2.24) is 10.2 Å². The molecule has 0 aromatic heterocycles. The monoisotopic (exact) mass is 432 g/mol. The molecule has 1 atom stereocenters. The summed E-state index contributed by atoms with van der Waals surface area (Å²) in [6.45, 7) is 1.83. The second-order valence-electron chi connectivity index (χ2n) is 8.99. The van der Waals surface area contributed by atoms with E-state index in [2.05, 4.69) is 21.6 Å². The zero-order chi connectivity index (χ0) is 22.1. The Balaban J connectivity index is 1.22. The molecule has 32 heavy (non-hydrogen) atoms. The van der Waals surface area contributed by atoms with Crippen molar-refractivity contribution in [3.63, 3.8) is 0 Å². The Morgan fingerprint density at radius 2 is 1.69 bits per heavy atom. The third kappa shape index (κ3) is 3.83. The van der Waals surface area contributed by atoms with Gasteiger partial charge in [0, 0.05) is 30.9 Å². The smallest absolute Gasteiger partial charge is 0.325 e. The number of hydrogen-bond donors (Lipinski definition) is 2. The van der Waals surface area contributed by atoms with Gasteiger partial charge in [0.25, 0.3) is 5.91 Å². The lowest BCUT2D eigenvalue weighted by molar-refractivity contribution is -0.134. The molecule has 0 saturated carbocycles. The van der Waals surface area contributed by atoms with Gasteiger partial charge in [-0.15, -0.1) is 0 Å². The van der Waals surface area contributed by atoms with E-state index in [9.17, 15) is 14.4 Å². The number of hydrogen-bond acceptors (Lipinski definition) is 4. The molecule has 1 aliphatic carbocycles. The highest BCUT2D eigenvalue weighted by atomic mass is 16.2. The van der Waals surface area contributed by atoms with Gasteiger partial charge in [0.2, 0.25) is 5.91 Å². The topological polar surface area (TPSA) is 81.8 Å². The molecular formula is C25H28N4O3. The molecule has 2 aliphatic heterocycles. The van der Waals surface area contributed by atoms with Crippen LogP contribution in [0, 0.1) is 0 Å². The lowest BCUT2D eigenvalue weighted by Gasteiger charge is -2.32. The zero-order valence-electron chi connectivity index (χ0n) is 18.1. The van der Waals surface area contributed by atoms with E-state index >= 15 is 0 Å². The molecule has 5 rings (SSSR count). The summed E-state index contributed by atoms with van der Waals surface area (Å²) < 4.78 is 0. The van der Waals surface area contributed by atoms with E-state index in [0.29, 0.717) is 18.5 Å². The highest BCUT2D eigenvalue weighted by Gasteiger charge is 2.52. The van der Waals surface area contributed by atoms with E-state index in [4.69, 9.17) is 0 Å². The van der Waals surface area contributed by atoms with Gasteiger partial charge in [-0.25, -0.2) is 4.79 Å². The van der Waals surface area contributed by atoms with E-state index in [-0.39, 0.29) is 18.4 Å². The van der Waals surface area contributed by atoms with E-state index in [1.165, 1.54) is 24.8 Å². The minimum Gasteiger partial charge on any atom is -0.372 e. The predicted octanol–water partition coefficient (Wildman–Crippen LogP) is 3.09. The van der Waals surface area contributed by atoms with Crippen molar-refractivity contribution in [1.29, 1.82) is 0 Å². The van der Waals surface area contributed by atoms with Gasteiger partial charge in [-0.1, -0.05) is 24.3 Å². The Bertz CT molecular complexity index is 1050. The van der Waals surface area contributed by atoms with Crippen LogP contribution in [0.15, 0.2) is 48.5 Å². The van der Waals surface area contributed by atoms with E-state index in [0.717, 1.165) is 35.7 Å². The number of nitrogens with zero attached hydrogens (tertiary/aromatic N) is 2. The minimum absolute atomic E-state index is 0.290. The number of imide groups is 1. The van der Waals surface area contributed by atoms with Gasteiger partial charge < -0.3 is 15.5 Å². The molecule has 1 spiro atoms. The maximum Gasteiger partial charge on any atom is 0.325 e. The summed E-state index contributed by atoms with van der Waals surface area (Å²) in [6, 6.07) is 15.2. The average molecular weight is 433 g/mol. The van der Waals surface area contributed by atoms with E-state index < -0.39 is 11.6 Å². The molecule has 7 heteroatoms. The molecular weight excluding hydrogens is 404 g/mol. The Morgan fingerprint density at radius 3 is 2.44 bits per heavy atom. The van der Waals surface area contributed by atoms with Gasteiger partial charge in [0.05, 0.1) is 0 Å². The summed E-state index contributed by atoms with van der Waals surface area (Å²) in [5, 5.41) is 5.69. The van der Waals surface area contributed by atoms with Gasteiger partial charge >= 0.3 is 6.03 Å². The summed E-state index contributed by atoms with van der Waals surface area (Å²) in [5.41, 5.74) is 3.15. The number of fused-ring (bicyclic) bond motifs is 1. The number of rotatable bonds is 4. The number of aryl methyl sites for hydroxylation is 1. The van der Waals surface area contributed by atoms with Gasteiger partial charge in [-0.3, -0.25) is 14.5 Å². The number of benzene rings is 2. The molecule has 2 N–H and O–H groups in total. The SMILES string of the molecule is O=C(CN1C(=O)NC2(CCc3ccccc3C2)C1=O)Nc1ccc(N2CCCCC2)cc1. The van der Waals surface area contributed by atoms with Gasteiger partial charge in [-0.05, 0) is 67.5 Å². The third-order valence-corrected chi connectivity index (χ3v) is 6.85. The Labute approximate surface area is 187 Å². The normalized spacial score (nSPS) is 22.6. The largest absolute Gasteiger partial charge is 0.372 e. The van der Waals surface area contributed by atoms with Gasteiger partial charge in [0.15, 0.2) is 0 Å². The summed E-state index contributed by atoms with van der Waals surface area (Å²) in [5.74, 6) is -0.694. The van der Waals surface area contributed by atoms with Crippen molar-refractivity contribution in [3.8, 4) is 0 Å². The van der Waals surface area contributed by atoms with Crippen LogP contribution in [0.25, 0.3) is 0 Å². The van der Waals surface area contributed by atoms with Crippen LogP contribution in [0.1, 0.15) is 36.8 Å². The maximum absolute atomic E-state index is 13.2. The number of urea groups is 1. The first-order valence-corrected chi connectivity index (χ1v) is 11.4. The number of nitrogens with one attached hydrogen (secondary N) is 2. The van der Waals surface area contributed by atoms with Crippen LogP contribution < -0.4 is 15.5 Å². The molecule has 2 fully saturated rings. The number of anilines is 2. The van der Waals surface area contributed by atoms with Crippen LogP contribution >= 0.6 is 0 Å².